The molecule has 1 aromatic carbocycles. The van der Waals surface area contributed by atoms with Gasteiger partial charge in [-0.25, -0.2) is 13.8 Å². The Kier molecular flexibility index (Phi) is 6.03. The standard InChI is InChI=1S/C24H25F5N4O2/c1-5-6-16-20-23(3,4)35-21-13(22(34)33(20)8-7-31-16)9-14(25)19(32-21)12-10-15(30)18(26)11(2)17(12)24(27,28)29/h5-6,9-10,16,20,31H,7-8,30H2,1-4H3/b6-5+. The third kappa shape index (κ3) is 4.11. The van der Waals surface area contributed by atoms with Crippen molar-refractivity contribution in [2.45, 2.75) is 51.6 Å². The number of nitrogen functional groups attached to an aromatic ring is 1. The Hall–Kier alpha value is -3.21. The van der Waals surface area contributed by atoms with Crippen molar-refractivity contribution in [2.75, 3.05) is 18.8 Å². The monoisotopic (exact) mass is 496 g/mol. The first-order valence-corrected chi connectivity index (χ1v) is 11.0. The number of carbonyl (C=O) groups is 1. The smallest absolute Gasteiger partial charge is 0.417 e. The van der Waals surface area contributed by atoms with E-state index < -0.39 is 63.4 Å². The van der Waals surface area contributed by atoms with Gasteiger partial charge in [0, 0.05) is 24.7 Å². The molecule has 0 bridgehead atoms. The lowest BCUT2D eigenvalue weighted by atomic mass is 9.88. The summed E-state index contributed by atoms with van der Waals surface area (Å²) in [6.07, 6.45) is -1.31. The maximum atomic E-state index is 15.3. The van der Waals surface area contributed by atoms with Gasteiger partial charge in [-0.05, 0) is 45.4 Å². The van der Waals surface area contributed by atoms with Gasteiger partial charge in [0.25, 0.3) is 5.91 Å². The number of nitrogens with one attached hydrogen (secondary N) is 1. The number of anilines is 1. The summed E-state index contributed by atoms with van der Waals surface area (Å²) in [5.41, 5.74) is 0.0779. The topological polar surface area (TPSA) is 80.5 Å². The van der Waals surface area contributed by atoms with Crippen molar-refractivity contribution in [3.63, 3.8) is 0 Å². The zero-order valence-corrected chi connectivity index (χ0v) is 19.6. The lowest BCUT2D eigenvalue weighted by Gasteiger charge is -2.46. The minimum atomic E-state index is -5.02. The number of pyridine rings is 1. The Morgan fingerprint density at radius 3 is 2.57 bits per heavy atom. The molecule has 2 aliphatic rings. The van der Waals surface area contributed by atoms with Crippen LogP contribution in [-0.2, 0) is 6.18 Å². The summed E-state index contributed by atoms with van der Waals surface area (Å²) in [6, 6.07) is 0.736. The van der Waals surface area contributed by atoms with Crippen LogP contribution in [0.4, 0.5) is 27.6 Å². The van der Waals surface area contributed by atoms with E-state index in [0.29, 0.717) is 19.2 Å². The molecule has 1 amide bonds. The van der Waals surface area contributed by atoms with Crippen LogP contribution >= 0.6 is 0 Å². The molecule has 0 aliphatic carbocycles. The number of hydrogen-bond acceptors (Lipinski definition) is 5. The van der Waals surface area contributed by atoms with E-state index in [-0.39, 0.29) is 17.5 Å². The van der Waals surface area contributed by atoms with E-state index >= 15 is 4.39 Å². The second kappa shape index (κ2) is 8.47. The molecule has 1 fully saturated rings. The fraction of sp³-hybridized carbons (Fsp3) is 0.417. The van der Waals surface area contributed by atoms with Crippen molar-refractivity contribution in [1.29, 1.82) is 0 Å². The highest BCUT2D eigenvalue weighted by atomic mass is 19.4. The molecule has 4 rings (SSSR count). The van der Waals surface area contributed by atoms with Crippen molar-refractivity contribution >= 4 is 11.6 Å². The maximum absolute atomic E-state index is 15.3. The van der Waals surface area contributed by atoms with Gasteiger partial charge in [-0.2, -0.15) is 13.2 Å². The zero-order valence-electron chi connectivity index (χ0n) is 19.6. The number of hydrogen-bond donors (Lipinski definition) is 2. The average molecular weight is 496 g/mol. The van der Waals surface area contributed by atoms with Gasteiger partial charge in [0.2, 0.25) is 5.88 Å². The molecule has 0 saturated carbocycles. The summed E-state index contributed by atoms with van der Waals surface area (Å²) < 4.78 is 77.3. The highest BCUT2D eigenvalue weighted by Crippen LogP contribution is 2.44. The number of allylic oxidation sites excluding steroid dienone is 1. The third-order valence-electron chi connectivity index (χ3n) is 6.38. The van der Waals surface area contributed by atoms with E-state index in [1.165, 1.54) is 0 Å². The number of alkyl halides is 3. The van der Waals surface area contributed by atoms with Crippen molar-refractivity contribution in [3.8, 4) is 17.1 Å². The molecule has 11 heteroatoms. The van der Waals surface area contributed by atoms with E-state index in [4.69, 9.17) is 10.5 Å². The van der Waals surface area contributed by atoms with Crippen molar-refractivity contribution in [3.05, 3.63) is 52.6 Å². The lowest BCUT2D eigenvalue weighted by Crippen LogP contribution is -2.66. The van der Waals surface area contributed by atoms with Crippen molar-refractivity contribution in [1.82, 2.24) is 15.2 Å². The minimum absolute atomic E-state index is 0.205. The number of fused-ring (bicyclic) bond motifs is 2. The number of benzene rings is 1. The van der Waals surface area contributed by atoms with E-state index in [2.05, 4.69) is 10.3 Å². The lowest BCUT2D eigenvalue weighted by molar-refractivity contribution is -0.137. The number of piperazine rings is 1. The predicted molar refractivity (Wildman–Crippen MR) is 120 cm³/mol. The van der Waals surface area contributed by atoms with Gasteiger partial charge in [0.05, 0.1) is 17.3 Å². The first-order valence-electron chi connectivity index (χ1n) is 11.0. The van der Waals surface area contributed by atoms with Crippen molar-refractivity contribution in [2.24, 2.45) is 0 Å². The number of carbonyl (C=O) groups excluding carboxylic acids is 1. The van der Waals surface area contributed by atoms with Crippen LogP contribution in [0.3, 0.4) is 0 Å². The SMILES string of the molecule is C/C=C/C1NCCN2C(=O)c3cc(F)c(-c4cc(N)c(F)c(C)c4C(F)(F)F)nc3OC(C)(C)C12. The number of rotatable bonds is 2. The number of ether oxygens (including phenoxy) is 1. The van der Waals surface area contributed by atoms with Crippen LogP contribution in [0.5, 0.6) is 5.88 Å². The summed E-state index contributed by atoms with van der Waals surface area (Å²) >= 11 is 0. The van der Waals surface area contributed by atoms with E-state index in [0.717, 1.165) is 13.0 Å². The molecule has 2 unspecified atom stereocenters. The first-order chi connectivity index (χ1) is 16.3. The number of nitrogens with zero attached hydrogens (tertiary/aromatic N) is 2. The quantitative estimate of drug-likeness (QED) is 0.365. The molecule has 1 aromatic heterocycles. The summed E-state index contributed by atoms with van der Waals surface area (Å²) in [4.78, 5) is 19.0. The summed E-state index contributed by atoms with van der Waals surface area (Å²) in [6.45, 7) is 7.00. The Bertz CT molecular complexity index is 1230. The molecule has 2 aromatic rings. The van der Waals surface area contributed by atoms with Gasteiger partial charge in [0.1, 0.15) is 22.7 Å². The Morgan fingerprint density at radius 1 is 1.26 bits per heavy atom. The number of nitrogens with two attached hydrogens (primary N) is 1. The molecule has 0 radical (unpaired) electrons. The molecule has 6 nitrogen and oxygen atoms in total. The Morgan fingerprint density at radius 2 is 1.94 bits per heavy atom. The molecule has 3 heterocycles. The van der Waals surface area contributed by atoms with Crippen LogP contribution < -0.4 is 15.8 Å². The number of aromatic nitrogens is 1. The molecule has 0 spiro atoms. The van der Waals surface area contributed by atoms with Crippen LogP contribution in [0.1, 0.15) is 42.3 Å². The fourth-order valence-corrected chi connectivity index (χ4v) is 4.94. The second-order valence-electron chi connectivity index (χ2n) is 9.15. The molecular formula is C24H25F5N4O2. The average Bonchev–Trinajstić information content (AvgIpc) is 2.84. The molecule has 35 heavy (non-hydrogen) atoms. The van der Waals surface area contributed by atoms with Gasteiger partial charge in [-0.15, -0.1) is 0 Å². The Balaban J connectivity index is 1.93. The predicted octanol–water partition coefficient (Wildman–Crippen LogP) is 4.47. The molecule has 1 saturated heterocycles. The molecule has 188 valence electrons. The van der Waals surface area contributed by atoms with Crippen LogP contribution in [-0.4, -0.2) is 46.6 Å². The van der Waals surface area contributed by atoms with Crippen LogP contribution in [0, 0.1) is 18.6 Å². The minimum Gasteiger partial charge on any atom is -0.469 e. The number of halogens is 5. The highest BCUT2D eigenvalue weighted by Gasteiger charge is 2.49. The molecule has 2 aliphatic heterocycles. The molecule has 3 N–H and O–H groups in total. The largest absolute Gasteiger partial charge is 0.469 e. The van der Waals surface area contributed by atoms with Gasteiger partial charge in [0.15, 0.2) is 5.82 Å². The highest BCUT2D eigenvalue weighted by molar-refractivity contribution is 5.98. The normalized spacial score (nSPS) is 22.0. The van der Waals surface area contributed by atoms with Gasteiger partial charge in [-0.1, -0.05) is 12.2 Å². The van der Waals surface area contributed by atoms with E-state index in [1.807, 2.05) is 19.1 Å². The summed E-state index contributed by atoms with van der Waals surface area (Å²) in [5, 5.41) is 3.31. The summed E-state index contributed by atoms with van der Waals surface area (Å²) in [7, 11) is 0. The Labute approximate surface area is 199 Å². The van der Waals surface area contributed by atoms with Crippen LogP contribution in [0.15, 0.2) is 24.3 Å². The number of amides is 1. The van der Waals surface area contributed by atoms with Crippen LogP contribution in [0.2, 0.25) is 0 Å². The third-order valence-corrected chi connectivity index (χ3v) is 6.38. The van der Waals surface area contributed by atoms with Gasteiger partial charge < -0.3 is 20.7 Å². The summed E-state index contributed by atoms with van der Waals surface area (Å²) in [5.74, 6) is -3.29. The fourth-order valence-electron chi connectivity index (χ4n) is 4.94. The second-order valence-corrected chi connectivity index (χ2v) is 9.15. The molecule has 2 atom stereocenters. The van der Waals surface area contributed by atoms with Crippen LogP contribution in [0.25, 0.3) is 11.3 Å². The zero-order chi connectivity index (χ0) is 25.9. The molecular weight excluding hydrogens is 471 g/mol. The maximum Gasteiger partial charge on any atom is 0.417 e. The first kappa shape index (κ1) is 24.9. The van der Waals surface area contributed by atoms with E-state index in [9.17, 15) is 22.4 Å². The van der Waals surface area contributed by atoms with Gasteiger partial charge in [-0.3, -0.25) is 4.79 Å². The van der Waals surface area contributed by atoms with Gasteiger partial charge >= 0.3 is 6.18 Å². The van der Waals surface area contributed by atoms with Crippen molar-refractivity contribution < 1.29 is 31.5 Å². The van der Waals surface area contributed by atoms with E-state index in [1.54, 1.807) is 18.7 Å².